The molecule has 24 heavy (non-hydrogen) atoms. The molecule has 0 aliphatic rings. The summed E-state index contributed by atoms with van der Waals surface area (Å²) in [6, 6.07) is 10.2. The summed E-state index contributed by atoms with van der Waals surface area (Å²) in [5.41, 5.74) is 1.92. The summed E-state index contributed by atoms with van der Waals surface area (Å²) in [6.07, 6.45) is 0.930. The van der Waals surface area contributed by atoms with Crippen LogP contribution in [-0.4, -0.2) is 19.6 Å². The van der Waals surface area contributed by atoms with Gasteiger partial charge >= 0.3 is 0 Å². The van der Waals surface area contributed by atoms with Crippen molar-refractivity contribution >= 4 is 34.8 Å². The summed E-state index contributed by atoms with van der Waals surface area (Å²) >= 11 is 11.8. The molecule has 2 rings (SSSR count). The number of halogens is 2. The van der Waals surface area contributed by atoms with E-state index >= 15 is 0 Å². The predicted molar refractivity (Wildman–Crippen MR) is 97.4 cm³/mol. The highest BCUT2D eigenvalue weighted by molar-refractivity contribution is 6.42. The minimum Gasteiger partial charge on any atom is -0.496 e. The Morgan fingerprint density at radius 3 is 2.58 bits per heavy atom. The third-order valence-electron chi connectivity index (χ3n) is 3.33. The molecule has 0 fully saturated rings. The molecule has 0 atom stereocenters. The lowest BCUT2D eigenvalue weighted by atomic mass is 10.1. The molecule has 0 aliphatic heterocycles. The van der Waals surface area contributed by atoms with Crippen LogP contribution in [0, 0.1) is 0 Å². The molecule has 0 aliphatic carbocycles. The first-order chi connectivity index (χ1) is 11.5. The number of methoxy groups -OCH3 is 1. The number of hydrogen-bond acceptors (Lipinski definition) is 3. The number of hydrogen-bond donors (Lipinski definition) is 1. The van der Waals surface area contributed by atoms with Crippen molar-refractivity contribution in [3.8, 4) is 5.75 Å². The maximum Gasteiger partial charge on any atom is 0.255 e. The maximum absolute atomic E-state index is 12.4. The zero-order valence-electron chi connectivity index (χ0n) is 13.6. The third kappa shape index (κ3) is 4.87. The van der Waals surface area contributed by atoms with Crippen LogP contribution in [0.25, 0.3) is 0 Å². The first kappa shape index (κ1) is 18.6. The molecule has 2 aromatic rings. The molecular formula is C18H19Cl2NO3. The van der Waals surface area contributed by atoms with Crippen LogP contribution < -0.4 is 10.1 Å². The second-order valence-corrected chi connectivity index (χ2v) is 5.98. The third-order valence-corrected chi connectivity index (χ3v) is 4.07. The van der Waals surface area contributed by atoms with Crippen molar-refractivity contribution in [1.82, 2.24) is 0 Å². The summed E-state index contributed by atoms with van der Waals surface area (Å²) in [4.78, 5) is 12.4. The second kappa shape index (κ2) is 8.92. The fourth-order valence-corrected chi connectivity index (χ4v) is 2.43. The maximum atomic E-state index is 12.4. The Bertz CT molecular complexity index is 719. The van der Waals surface area contributed by atoms with Gasteiger partial charge in [0.25, 0.3) is 5.91 Å². The smallest absolute Gasteiger partial charge is 0.255 e. The van der Waals surface area contributed by atoms with Crippen LogP contribution in [0.3, 0.4) is 0 Å². The highest BCUT2D eigenvalue weighted by Crippen LogP contribution is 2.26. The Hall–Kier alpha value is -1.75. The fourth-order valence-electron chi connectivity index (χ4n) is 2.14. The van der Waals surface area contributed by atoms with Crippen LogP contribution in [0.2, 0.25) is 10.0 Å². The van der Waals surface area contributed by atoms with E-state index in [0.29, 0.717) is 40.3 Å². The van der Waals surface area contributed by atoms with Gasteiger partial charge in [0.15, 0.2) is 0 Å². The SMILES string of the molecule is CCCOCc1cc(C(=O)Nc2ccc(Cl)c(Cl)c2)ccc1OC. The average Bonchev–Trinajstić information content (AvgIpc) is 2.58. The van der Waals surface area contributed by atoms with Gasteiger partial charge in [0.2, 0.25) is 0 Å². The number of carbonyl (C=O) groups is 1. The van der Waals surface area contributed by atoms with Crippen molar-refractivity contribution in [3.05, 3.63) is 57.6 Å². The Morgan fingerprint density at radius 2 is 1.92 bits per heavy atom. The number of nitrogens with one attached hydrogen (secondary N) is 1. The molecule has 0 bridgehead atoms. The lowest BCUT2D eigenvalue weighted by Gasteiger charge is -2.12. The molecule has 2 aromatic carbocycles. The zero-order valence-corrected chi connectivity index (χ0v) is 15.1. The van der Waals surface area contributed by atoms with E-state index in [1.54, 1.807) is 43.5 Å². The second-order valence-electron chi connectivity index (χ2n) is 5.16. The van der Waals surface area contributed by atoms with Crippen LogP contribution in [0.15, 0.2) is 36.4 Å². The summed E-state index contributed by atoms with van der Waals surface area (Å²) in [6.45, 7) is 3.09. The van der Waals surface area contributed by atoms with E-state index in [9.17, 15) is 4.79 Å². The lowest BCUT2D eigenvalue weighted by Crippen LogP contribution is -2.12. The molecule has 0 aromatic heterocycles. The molecule has 0 saturated carbocycles. The van der Waals surface area contributed by atoms with E-state index in [4.69, 9.17) is 32.7 Å². The van der Waals surface area contributed by atoms with Gasteiger partial charge in [-0.25, -0.2) is 0 Å². The van der Waals surface area contributed by atoms with Gasteiger partial charge in [-0.05, 0) is 42.8 Å². The number of anilines is 1. The number of benzene rings is 2. The largest absolute Gasteiger partial charge is 0.496 e. The van der Waals surface area contributed by atoms with Crippen molar-refractivity contribution < 1.29 is 14.3 Å². The minimum atomic E-state index is -0.243. The van der Waals surface area contributed by atoms with Crippen molar-refractivity contribution in [2.45, 2.75) is 20.0 Å². The number of carbonyl (C=O) groups excluding carboxylic acids is 1. The standard InChI is InChI=1S/C18H19Cl2NO3/c1-3-8-24-11-13-9-12(4-7-17(13)23-2)18(22)21-14-5-6-15(19)16(20)10-14/h4-7,9-10H,3,8,11H2,1-2H3,(H,21,22). The van der Waals surface area contributed by atoms with E-state index in [0.717, 1.165) is 12.0 Å². The molecule has 0 unspecified atom stereocenters. The molecular weight excluding hydrogens is 349 g/mol. The molecule has 0 radical (unpaired) electrons. The Morgan fingerprint density at radius 1 is 1.12 bits per heavy atom. The van der Waals surface area contributed by atoms with Crippen LogP contribution >= 0.6 is 23.2 Å². The van der Waals surface area contributed by atoms with Gasteiger partial charge in [-0.2, -0.15) is 0 Å². The minimum absolute atomic E-state index is 0.243. The normalized spacial score (nSPS) is 10.5. The molecule has 6 heteroatoms. The Balaban J connectivity index is 2.15. The number of ether oxygens (including phenoxy) is 2. The summed E-state index contributed by atoms with van der Waals surface area (Å²) < 4.78 is 10.9. The van der Waals surface area contributed by atoms with Gasteiger partial charge in [-0.1, -0.05) is 30.1 Å². The predicted octanol–water partition coefficient (Wildman–Crippen LogP) is 5.18. The van der Waals surface area contributed by atoms with Gasteiger partial charge in [-0.3, -0.25) is 4.79 Å². The first-order valence-corrected chi connectivity index (χ1v) is 8.31. The summed E-state index contributed by atoms with van der Waals surface area (Å²) in [5, 5.41) is 3.62. The molecule has 1 N–H and O–H groups in total. The van der Waals surface area contributed by atoms with Gasteiger partial charge in [0.05, 0.1) is 23.8 Å². The van der Waals surface area contributed by atoms with E-state index in [1.807, 2.05) is 6.92 Å². The van der Waals surface area contributed by atoms with Gasteiger partial charge in [0, 0.05) is 23.4 Å². The van der Waals surface area contributed by atoms with Crippen molar-refractivity contribution in [2.24, 2.45) is 0 Å². The van der Waals surface area contributed by atoms with Crippen LogP contribution in [0.4, 0.5) is 5.69 Å². The molecule has 128 valence electrons. The van der Waals surface area contributed by atoms with Crippen molar-refractivity contribution in [2.75, 3.05) is 19.0 Å². The monoisotopic (exact) mass is 367 g/mol. The highest BCUT2D eigenvalue weighted by Gasteiger charge is 2.11. The van der Waals surface area contributed by atoms with Crippen molar-refractivity contribution in [1.29, 1.82) is 0 Å². The van der Waals surface area contributed by atoms with Gasteiger partial charge < -0.3 is 14.8 Å². The Kier molecular flexibility index (Phi) is 6.91. The molecule has 4 nitrogen and oxygen atoms in total. The lowest BCUT2D eigenvalue weighted by molar-refractivity contribution is 0.102. The number of rotatable bonds is 7. The van der Waals surface area contributed by atoms with Gasteiger partial charge in [-0.15, -0.1) is 0 Å². The average molecular weight is 368 g/mol. The zero-order chi connectivity index (χ0) is 17.5. The number of amides is 1. The molecule has 1 amide bonds. The van der Waals surface area contributed by atoms with E-state index < -0.39 is 0 Å². The van der Waals surface area contributed by atoms with Crippen LogP contribution in [-0.2, 0) is 11.3 Å². The summed E-state index contributed by atoms with van der Waals surface area (Å²) in [5.74, 6) is 0.449. The first-order valence-electron chi connectivity index (χ1n) is 7.56. The summed E-state index contributed by atoms with van der Waals surface area (Å²) in [7, 11) is 1.59. The Labute approximate surface area is 151 Å². The molecule has 0 saturated heterocycles. The van der Waals surface area contributed by atoms with Crippen LogP contribution in [0.5, 0.6) is 5.75 Å². The quantitative estimate of drug-likeness (QED) is 0.685. The van der Waals surface area contributed by atoms with E-state index in [-0.39, 0.29) is 5.91 Å². The van der Waals surface area contributed by atoms with Crippen LogP contribution in [0.1, 0.15) is 29.3 Å². The topological polar surface area (TPSA) is 47.6 Å². The molecule has 0 spiro atoms. The van der Waals surface area contributed by atoms with Crippen molar-refractivity contribution in [3.63, 3.8) is 0 Å². The molecule has 0 heterocycles. The van der Waals surface area contributed by atoms with Gasteiger partial charge in [0.1, 0.15) is 5.75 Å². The highest BCUT2D eigenvalue weighted by atomic mass is 35.5. The van der Waals surface area contributed by atoms with E-state index in [2.05, 4.69) is 5.32 Å². The van der Waals surface area contributed by atoms with E-state index in [1.165, 1.54) is 0 Å². The fraction of sp³-hybridized carbons (Fsp3) is 0.278.